The number of hydrogen-bond acceptors (Lipinski definition) is 4. The van der Waals surface area contributed by atoms with Crippen molar-refractivity contribution in [3.8, 4) is 0 Å². The summed E-state index contributed by atoms with van der Waals surface area (Å²) in [6.45, 7) is 0. The maximum atomic E-state index is 5.22. The quantitative estimate of drug-likeness (QED) is 0.381. The molecule has 0 bridgehead atoms. The second-order valence-electron chi connectivity index (χ2n) is 1.40. The van der Waals surface area contributed by atoms with Crippen LogP contribution in [0.5, 0.6) is 0 Å². The molecule has 0 aromatic carbocycles. The Morgan fingerprint density at radius 3 is 2.50 bits per heavy atom. The Morgan fingerprint density at radius 1 is 1.38 bits per heavy atom. The molecular weight excluding hydrogens is 106 g/mol. The smallest absolute Gasteiger partial charge is 0.217 e. The van der Waals surface area contributed by atoms with E-state index in [1.54, 1.807) is 12.2 Å². The van der Waals surface area contributed by atoms with E-state index in [2.05, 4.69) is 10.3 Å². The summed E-state index contributed by atoms with van der Waals surface area (Å²) in [6, 6.07) is 0. The van der Waals surface area contributed by atoms with E-state index in [0.29, 0.717) is 11.7 Å². The maximum Gasteiger partial charge on any atom is 0.217 e. The third kappa shape index (κ3) is 0.841. The van der Waals surface area contributed by atoms with Gasteiger partial charge in [-0.3, -0.25) is 0 Å². The maximum absolute atomic E-state index is 5.22. The van der Waals surface area contributed by atoms with Crippen LogP contribution in [0.25, 0.3) is 0 Å². The molecule has 4 heteroatoms. The molecule has 0 fully saturated rings. The van der Waals surface area contributed by atoms with Crippen LogP contribution in [0.15, 0.2) is 23.9 Å². The van der Waals surface area contributed by atoms with Crippen LogP contribution in [0, 0.1) is 0 Å². The molecule has 0 atom stereocenters. The number of allylic oxidation sites excluding steroid dienone is 2. The third-order valence-electron chi connectivity index (χ3n) is 0.714. The first-order chi connectivity index (χ1) is 3.79. The lowest BCUT2D eigenvalue weighted by Crippen LogP contribution is -2.25. The summed E-state index contributed by atoms with van der Waals surface area (Å²) >= 11 is 0. The fourth-order valence-electron chi connectivity index (χ4n) is 0.358. The molecule has 1 aliphatic heterocycles. The molecule has 0 spiro atoms. The number of nitrogens with one attached hydrogen (secondary N) is 1. The molecule has 0 unspecified atom stereocenters. The van der Waals surface area contributed by atoms with Crippen molar-refractivity contribution in [2.24, 2.45) is 11.5 Å². The number of rotatable bonds is 0. The fourth-order valence-corrected chi connectivity index (χ4v) is 0.358. The van der Waals surface area contributed by atoms with Gasteiger partial charge in [-0.15, -0.1) is 0 Å². The lowest BCUT2D eigenvalue weighted by molar-refractivity contribution is 0.123. The van der Waals surface area contributed by atoms with Crippen molar-refractivity contribution in [1.29, 1.82) is 0 Å². The van der Waals surface area contributed by atoms with Gasteiger partial charge in [-0.25, -0.2) is 5.48 Å². The highest BCUT2D eigenvalue weighted by atomic mass is 16.7. The van der Waals surface area contributed by atoms with Crippen LogP contribution in [0.2, 0.25) is 0 Å². The second-order valence-corrected chi connectivity index (χ2v) is 1.40. The summed E-state index contributed by atoms with van der Waals surface area (Å²) in [6.07, 6.45) is 3.20. The average molecular weight is 113 g/mol. The van der Waals surface area contributed by atoms with Gasteiger partial charge in [-0.05, 0) is 6.08 Å². The lowest BCUT2D eigenvalue weighted by atomic mass is 10.5. The highest BCUT2D eigenvalue weighted by molar-refractivity contribution is 5.12. The molecule has 0 radical (unpaired) electrons. The summed E-state index contributed by atoms with van der Waals surface area (Å²) in [7, 11) is 0. The summed E-state index contributed by atoms with van der Waals surface area (Å²) in [5.74, 6) is 0.776. The first-order valence-electron chi connectivity index (χ1n) is 2.15. The Labute approximate surface area is 46.7 Å². The molecule has 4 nitrogen and oxygen atoms in total. The van der Waals surface area contributed by atoms with Crippen molar-refractivity contribution < 1.29 is 4.84 Å². The van der Waals surface area contributed by atoms with Crippen molar-refractivity contribution in [3.05, 3.63) is 23.9 Å². The Morgan fingerprint density at radius 2 is 2.12 bits per heavy atom. The zero-order chi connectivity index (χ0) is 5.98. The minimum Gasteiger partial charge on any atom is -0.383 e. The van der Waals surface area contributed by atoms with E-state index in [0.717, 1.165) is 0 Å². The molecule has 44 valence electrons. The first kappa shape index (κ1) is 4.83. The number of nitrogens with two attached hydrogens (primary N) is 2. The van der Waals surface area contributed by atoms with E-state index in [4.69, 9.17) is 11.5 Å². The van der Waals surface area contributed by atoms with Gasteiger partial charge in [0.2, 0.25) is 5.88 Å². The standard InChI is InChI=1S/C4H7N3O/c5-3-1-2-4(6)8-7-3/h1-2,7H,5-6H2. The van der Waals surface area contributed by atoms with Crippen LogP contribution in [-0.4, -0.2) is 0 Å². The molecule has 0 aromatic heterocycles. The van der Waals surface area contributed by atoms with E-state index >= 15 is 0 Å². The SMILES string of the molecule is NC1=CC=C(N)ON1. The summed E-state index contributed by atoms with van der Waals surface area (Å²) in [5.41, 5.74) is 12.8. The topological polar surface area (TPSA) is 73.3 Å². The van der Waals surface area contributed by atoms with Crippen molar-refractivity contribution in [1.82, 2.24) is 5.48 Å². The van der Waals surface area contributed by atoms with E-state index in [9.17, 15) is 0 Å². The van der Waals surface area contributed by atoms with Gasteiger partial charge in [0.1, 0.15) is 5.82 Å². The summed E-state index contributed by atoms with van der Waals surface area (Å²) in [5, 5.41) is 0. The Kier molecular flexibility index (Phi) is 0.997. The van der Waals surface area contributed by atoms with E-state index < -0.39 is 0 Å². The van der Waals surface area contributed by atoms with E-state index in [1.807, 2.05) is 0 Å². The molecule has 1 heterocycles. The van der Waals surface area contributed by atoms with Crippen molar-refractivity contribution in [2.75, 3.05) is 0 Å². The molecule has 0 aromatic rings. The second kappa shape index (κ2) is 1.65. The zero-order valence-corrected chi connectivity index (χ0v) is 4.22. The van der Waals surface area contributed by atoms with Crippen LogP contribution in [0.3, 0.4) is 0 Å². The Hall–Kier alpha value is -1.32. The predicted octanol–water partition coefficient (Wildman–Crippen LogP) is -0.879. The molecule has 8 heavy (non-hydrogen) atoms. The molecule has 0 aliphatic carbocycles. The van der Waals surface area contributed by atoms with Gasteiger partial charge in [0.25, 0.3) is 0 Å². The molecule has 5 N–H and O–H groups in total. The zero-order valence-electron chi connectivity index (χ0n) is 4.22. The molecule has 0 amide bonds. The molecule has 0 saturated heterocycles. The first-order valence-corrected chi connectivity index (χ1v) is 2.15. The van der Waals surface area contributed by atoms with Crippen LogP contribution >= 0.6 is 0 Å². The van der Waals surface area contributed by atoms with Gasteiger partial charge in [-0.1, -0.05) is 0 Å². The highest BCUT2D eigenvalue weighted by Gasteiger charge is 1.95. The van der Waals surface area contributed by atoms with Gasteiger partial charge in [0, 0.05) is 6.08 Å². The van der Waals surface area contributed by atoms with Crippen LogP contribution in [0.1, 0.15) is 0 Å². The summed E-state index contributed by atoms with van der Waals surface area (Å²) in [4.78, 5) is 4.59. The highest BCUT2D eigenvalue weighted by Crippen LogP contribution is 1.93. The molecule has 0 saturated carbocycles. The fraction of sp³-hybridized carbons (Fsp3) is 0. The van der Waals surface area contributed by atoms with Crippen LogP contribution < -0.4 is 16.9 Å². The Balaban J connectivity index is 2.65. The normalized spacial score (nSPS) is 17.5. The minimum absolute atomic E-state index is 0.319. The van der Waals surface area contributed by atoms with Crippen molar-refractivity contribution in [2.45, 2.75) is 0 Å². The van der Waals surface area contributed by atoms with Crippen LogP contribution in [0.4, 0.5) is 0 Å². The van der Waals surface area contributed by atoms with Gasteiger partial charge in [0.15, 0.2) is 0 Å². The average Bonchev–Trinajstić information content (AvgIpc) is 1.77. The lowest BCUT2D eigenvalue weighted by Gasteiger charge is -2.10. The van der Waals surface area contributed by atoms with Crippen LogP contribution in [-0.2, 0) is 4.84 Å². The van der Waals surface area contributed by atoms with Gasteiger partial charge >= 0.3 is 0 Å². The predicted molar refractivity (Wildman–Crippen MR) is 28.8 cm³/mol. The minimum atomic E-state index is 0.319. The monoisotopic (exact) mass is 113 g/mol. The van der Waals surface area contributed by atoms with Gasteiger partial charge in [-0.2, -0.15) is 0 Å². The number of hydrogen-bond donors (Lipinski definition) is 3. The van der Waals surface area contributed by atoms with Gasteiger partial charge in [0.05, 0.1) is 0 Å². The third-order valence-corrected chi connectivity index (χ3v) is 0.714. The molecule has 1 rings (SSSR count). The largest absolute Gasteiger partial charge is 0.383 e. The van der Waals surface area contributed by atoms with E-state index in [-0.39, 0.29) is 0 Å². The number of hydroxylamine groups is 1. The molecule has 1 aliphatic rings. The van der Waals surface area contributed by atoms with Crippen molar-refractivity contribution >= 4 is 0 Å². The van der Waals surface area contributed by atoms with Crippen molar-refractivity contribution in [3.63, 3.8) is 0 Å². The van der Waals surface area contributed by atoms with Gasteiger partial charge < -0.3 is 16.3 Å². The Bertz CT molecular complexity index is 131. The molecular formula is C4H7N3O. The van der Waals surface area contributed by atoms with E-state index in [1.165, 1.54) is 0 Å². The summed E-state index contributed by atoms with van der Waals surface area (Å²) < 4.78 is 0.